The van der Waals surface area contributed by atoms with Crippen molar-refractivity contribution >= 4 is 40.2 Å². The SMILES string of the molecule is O=C(COC1CCC(C(=O)O)CC1)Nc1cccc(I)c1. The number of nitrogens with one attached hydrogen (secondary N) is 1. The number of amides is 1. The number of carboxylic acid groups (broad SMARTS) is 1. The van der Waals surface area contributed by atoms with Gasteiger partial charge in [-0.1, -0.05) is 6.07 Å². The molecular formula is C15H18INO4. The van der Waals surface area contributed by atoms with E-state index in [2.05, 4.69) is 27.9 Å². The molecule has 1 aliphatic carbocycles. The summed E-state index contributed by atoms with van der Waals surface area (Å²) in [6.07, 6.45) is 2.64. The van der Waals surface area contributed by atoms with Gasteiger partial charge in [0.25, 0.3) is 0 Å². The van der Waals surface area contributed by atoms with E-state index in [0.29, 0.717) is 25.7 Å². The van der Waals surface area contributed by atoms with E-state index < -0.39 is 5.97 Å². The van der Waals surface area contributed by atoms with Crippen molar-refractivity contribution in [2.75, 3.05) is 11.9 Å². The number of anilines is 1. The van der Waals surface area contributed by atoms with E-state index in [1.54, 1.807) is 0 Å². The van der Waals surface area contributed by atoms with Gasteiger partial charge < -0.3 is 15.2 Å². The molecule has 5 nitrogen and oxygen atoms in total. The van der Waals surface area contributed by atoms with E-state index in [0.717, 1.165) is 9.26 Å². The summed E-state index contributed by atoms with van der Waals surface area (Å²) >= 11 is 2.19. The van der Waals surface area contributed by atoms with Crippen LogP contribution < -0.4 is 5.32 Å². The molecule has 21 heavy (non-hydrogen) atoms. The first-order chi connectivity index (χ1) is 10.0. The molecule has 1 fully saturated rings. The van der Waals surface area contributed by atoms with Gasteiger partial charge in [0.15, 0.2) is 0 Å². The third-order valence-corrected chi connectivity index (χ3v) is 4.25. The minimum atomic E-state index is -0.732. The molecule has 0 bridgehead atoms. The molecule has 0 atom stereocenters. The second-order valence-electron chi connectivity index (χ2n) is 5.18. The molecule has 2 rings (SSSR count). The Kier molecular flexibility index (Phi) is 5.98. The summed E-state index contributed by atoms with van der Waals surface area (Å²) in [6, 6.07) is 7.55. The predicted octanol–water partition coefficient (Wildman–Crippen LogP) is 2.89. The van der Waals surface area contributed by atoms with Crippen LogP contribution in [0.4, 0.5) is 5.69 Å². The largest absolute Gasteiger partial charge is 0.481 e. The van der Waals surface area contributed by atoms with Crippen molar-refractivity contribution in [2.24, 2.45) is 5.92 Å². The van der Waals surface area contributed by atoms with Crippen LogP contribution in [-0.2, 0) is 14.3 Å². The maximum Gasteiger partial charge on any atom is 0.306 e. The Bertz CT molecular complexity index is 512. The van der Waals surface area contributed by atoms with Crippen LogP contribution in [0.3, 0.4) is 0 Å². The van der Waals surface area contributed by atoms with Crippen LogP contribution in [0.2, 0.25) is 0 Å². The minimum Gasteiger partial charge on any atom is -0.481 e. The number of carbonyl (C=O) groups is 2. The molecule has 1 aromatic carbocycles. The molecule has 0 radical (unpaired) electrons. The van der Waals surface area contributed by atoms with Crippen molar-refractivity contribution in [3.05, 3.63) is 27.8 Å². The lowest BCUT2D eigenvalue weighted by Gasteiger charge is -2.25. The predicted molar refractivity (Wildman–Crippen MR) is 87.1 cm³/mol. The Morgan fingerprint density at radius 2 is 2.00 bits per heavy atom. The standard InChI is InChI=1S/C15H18INO4/c16-11-2-1-3-12(8-11)17-14(18)9-21-13-6-4-10(5-7-13)15(19)20/h1-3,8,10,13H,4-7,9H2,(H,17,18)(H,19,20). The summed E-state index contributed by atoms with van der Waals surface area (Å²) < 4.78 is 6.62. The maximum atomic E-state index is 11.8. The fraction of sp³-hybridized carbons (Fsp3) is 0.467. The first-order valence-electron chi connectivity index (χ1n) is 6.94. The molecule has 1 saturated carbocycles. The van der Waals surface area contributed by atoms with Crippen molar-refractivity contribution in [3.8, 4) is 0 Å². The highest BCUT2D eigenvalue weighted by molar-refractivity contribution is 14.1. The van der Waals surface area contributed by atoms with Crippen LogP contribution in [0.5, 0.6) is 0 Å². The van der Waals surface area contributed by atoms with Crippen LogP contribution >= 0.6 is 22.6 Å². The van der Waals surface area contributed by atoms with Crippen LogP contribution in [0.25, 0.3) is 0 Å². The zero-order valence-electron chi connectivity index (χ0n) is 11.5. The van der Waals surface area contributed by atoms with Crippen molar-refractivity contribution < 1.29 is 19.4 Å². The normalized spacial score (nSPS) is 21.8. The highest BCUT2D eigenvalue weighted by Crippen LogP contribution is 2.26. The number of aliphatic carboxylic acids is 1. The van der Waals surface area contributed by atoms with E-state index in [1.165, 1.54) is 0 Å². The zero-order chi connectivity index (χ0) is 15.2. The number of hydrogen-bond donors (Lipinski definition) is 2. The van der Waals surface area contributed by atoms with Gasteiger partial charge in [0, 0.05) is 9.26 Å². The minimum absolute atomic E-state index is 0.00782. The number of carbonyl (C=O) groups excluding carboxylic acids is 1. The molecule has 0 spiro atoms. The average molecular weight is 403 g/mol. The zero-order valence-corrected chi connectivity index (χ0v) is 13.7. The van der Waals surface area contributed by atoms with Gasteiger partial charge in [-0.2, -0.15) is 0 Å². The van der Waals surface area contributed by atoms with Gasteiger partial charge in [0.2, 0.25) is 5.91 Å². The van der Waals surface area contributed by atoms with Crippen LogP contribution in [-0.4, -0.2) is 29.7 Å². The van der Waals surface area contributed by atoms with E-state index in [9.17, 15) is 9.59 Å². The lowest BCUT2D eigenvalue weighted by Crippen LogP contribution is -2.29. The smallest absolute Gasteiger partial charge is 0.306 e. The fourth-order valence-corrected chi connectivity index (χ4v) is 2.98. The monoisotopic (exact) mass is 403 g/mol. The third-order valence-electron chi connectivity index (χ3n) is 3.58. The number of halogens is 1. The lowest BCUT2D eigenvalue weighted by molar-refractivity contribution is -0.144. The second-order valence-corrected chi connectivity index (χ2v) is 6.43. The average Bonchev–Trinajstić information content (AvgIpc) is 2.45. The van der Waals surface area contributed by atoms with Crippen molar-refractivity contribution in [1.82, 2.24) is 0 Å². The van der Waals surface area contributed by atoms with Crippen molar-refractivity contribution in [3.63, 3.8) is 0 Å². The quantitative estimate of drug-likeness (QED) is 0.742. The molecule has 0 saturated heterocycles. The number of hydrogen-bond acceptors (Lipinski definition) is 3. The number of benzene rings is 1. The van der Waals surface area contributed by atoms with Gasteiger partial charge in [-0.3, -0.25) is 9.59 Å². The van der Waals surface area contributed by atoms with Crippen molar-refractivity contribution in [2.45, 2.75) is 31.8 Å². The van der Waals surface area contributed by atoms with E-state index in [1.807, 2.05) is 24.3 Å². The fourth-order valence-electron chi connectivity index (χ4n) is 2.43. The Morgan fingerprint density at radius 1 is 1.29 bits per heavy atom. The molecule has 6 heteroatoms. The lowest BCUT2D eigenvalue weighted by atomic mass is 9.87. The first kappa shape index (κ1) is 16.2. The van der Waals surface area contributed by atoms with E-state index in [4.69, 9.17) is 9.84 Å². The van der Waals surface area contributed by atoms with Crippen LogP contribution in [0.1, 0.15) is 25.7 Å². The highest BCUT2D eigenvalue weighted by Gasteiger charge is 2.26. The molecule has 1 aliphatic rings. The summed E-state index contributed by atoms with van der Waals surface area (Å²) in [7, 11) is 0. The second kappa shape index (κ2) is 7.74. The van der Waals surface area contributed by atoms with Gasteiger partial charge in [-0.15, -0.1) is 0 Å². The number of ether oxygens (including phenoxy) is 1. The summed E-state index contributed by atoms with van der Waals surface area (Å²) in [5.41, 5.74) is 0.755. The Balaban J connectivity index is 1.71. The Hall–Kier alpha value is -1.15. The molecular weight excluding hydrogens is 385 g/mol. The number of carboxylic acids is 1. The van der Waals surface area contributed by atoms with Crippen LogP contribution in [0, 0.1) is 9.49 Å². The summed E-state index contributed by atoms with van der Waals surface area (Å²) in [6.45, 7) is 0.00782. The summed E-state index contributed by atoms with van der Waals surface area (Å²) in [5.74, 6) is -1.17. The molecule has 0 aliphatic heterocycles. The van der Waals surface area contributed by atoms with Gasteiger partial charge in [-0.05, 0) is 66.5 Å². The van der Waals surface area contributed by atoms with Gasteiger partial charge >= 0.3 is 5.97 Å². The molecule has 114 valence electrons. The van der Waals surface area contributed by atoms with Gasteiger partial charge in [0.05, 0.1) is 12.0 Å². The molecule has 1 aromatic rings. The molecule has 1 amide bonds. The highest BCUT2D eigenvalue weighted by atomic mass is 127. The third kappa shape index (κ3) is 5.28. The summed E-state index contributed by atoms with van der Waals surface area (Å²) in [5, 5.41) is 11.7. The first-order valence-corrected chi connectivity index (χ1v) is 8.02. The number of rotatable bonds is 5. The van der Waals surface area contributed by atoms with Gasteiger partial charge in [-0.25, -0.2) is 0 Å². The molecule has 0 aromatic heterocycles. The van der Waals surface area contributed by atoms with Crippen molar-refractivity contribution in [1.29, 1.82) is 0 Å². The van der Waals surface area contributed by atoms with E-state index in [-0.39, 0.29) is 24.5 Å². The Morgan fingerprint density at radius 3 is 2.62 bits per heavy atom. The molecule has 0 unspecified atom stereocenters. The molecule has 2 N–H and O–H groups in total. The summed E-state index contributed by atoms with van der Waals surface area (Å²) in [4.78, 5) is 22.7. The topological polar surface area (TPSA) is 75.6 Å². The van der Waals surface area contributed by atoms with Crippen LogP contribution in [0.15, 0.2) is 24.3 Å². The maximum absolute atomic E-state index is 11.8. The Labute approximate surface area is 137 Å². The molecule has 0 heterocycles. The van der Waals surface area contributed by atoms with E-state index >= 15 is 0 Å². The van der Waals surface area contributed by atoms with Gasteiger partial charge in [0.1, 0.15) is 6.61 Å².